The van der Waals surface area contributed by atoms with E-state index in [9.17, 15) is 0 Å². The van der Waals surface area contributed by atoms with Crippen molar-refractivity contribution in [3.05, 3.63) is 22.8 Å². The third-order valence-electron chi connectivity index (χ3n) is 3.53. The summed E-state index contributed by atoms with van der Waals surface area (Å²) < 4.78 is 0. The highest BCUT2D eigenvalue weighted by Gasteiger charge is 2.16. The summed E-state index contributed by atoms with van der Waals surface area (Å²) in [5, 5.41) is 12.7. The largest absolute Gasteiger partial charge is 0.367 e. The zero-order chi connectivity index (χ0) is 13.0. The predicted molar refractivity (Wildman–Crippen MR) is 73.6 cm³/mol. The van der Waals surface area contributed by atoms with Crippen molar-refractivity contribution >= 4 is 17.4 Å². The number of halogens is 1. The van der Waals surface area contributed by atoms with Gasteiger partial charge in [0.15, 0.2) is 0 Å². The molecule has 1 N–H and O–H groups in total. The minimum absolute atomic E-state index is 0.374. The molecular weight excluding hydrogens is 246 g/mol. The number of pyridine rings is 1. The first-order chi connectivity index (χ1) is 8.67. The lowest BCUT2D eigenvalue weighted by molar-refractivity contribution is 0.502. The van der Waals surface area contributed by atoms with E-state index >= 15 is 0 Å². The topological polar surface area (TPSA) is 48.7 Å². The Morgan fingerprint density at radius 2 is 2.17 bits per heavy atom. The van der Waals surface area contributed by atoms with E-state index in [1.165, 1.54) is 25.7 Å². The smallest absolute Gasteiger partial charge is 0.132 e. The van der Waals surface area contributed by atoms with Crippen LogP contribution >= 0.6 is 11.6 Å². The number of nitrogens with zero attached hydrogens (tertiary/aromatic N) is 2. The van der Waals surface area contributed by atoms with Gasteiger partial charge in [-0.15, -0.1) is 0 Å². The first-order valence-corrected chi connectivity index (χ1v) is 6.89. The average Bonchev–Trinajstić information content (AvgIpc) is 2.54. The molecule has 0 aromatic carbocycles. The Hall–Kier alpha value is -1.27. The highest BCUT2D eigenvalue weighted by atomic mass is 35.5. The molecule has 18 heavy (non-hydrogen) atoms. The van der Waals surface area contributed by atoms with Crippen molar-refractivity contribution < 1.29 is 0 Å². The highest BCUT2D eigenvalue weighted by Crippen LogP contribution is 2.25. The molecule has 1 aromatic heterocycles. The van der Waals surface area contributed by atoms with Crippen LogP contribution in [0.1, 0.15) is 44.6 Å². The van der Waals surface area contributed by atoms with Gasteiger partial charge in [-0.05, 0) is 37.3 Å². The van der Waals surface area contributed by atoms with Crippen molar-refractivity contribution in [2.24, 2.45) is 5.92 Å². The summed E-state index contributed by atoms with van der Waals surface area (Å²) in [6.45, 7) is 2.31. The van der Waals surface area contributed by atoms with Crippen LogP contribution in [-0.4, -0.2) is 11.0 Å². The molecule has 0 amide bonds. The number of hydrogen-bond acceptors (Lipinski definition) is 3. The minimum Gasteiger partial charge on any atom is -0.367 e. The Balaban J connectivity index is 2.04. The average molecular weight is 264 g/mol. The van der Waals surface area contributed by atoms with E-state index in [0.717, 1.165) is 18.2 Å². The van der Waals surface area contributed by atoms with Crippen LogP contribution in [0, 0.1) is 17.2 Å². The van der Waals surface area contributed by atoms with Gasteiger partial charge in [0.2, 0.25) is 0 Å². The summed E-state index contributed by atoms with van der Waals surface area (Å²) in [5.41, 5.74) is 0.555. The van der Waals surface area contributed by atoms with Gasteiger partial charge in [0.1, 0.15) is 11.0 Å². The monoisotopic (exact) mass is 263 g/mol. The van der Waals surface area contributed by atoms with E-state index in [2.05, 4.69) is 23.3 Å². The normalized spacial score (nSPS) is 24.1. The summed E-state index contributed by atoms with van der Waals surface area (Å²) in [6, 6.07) is 5.90. The Bertz CT molecular complexity index is 453. The fourth-order valence-corrected chi connectivity index (χ4v) is 2.68. The number of rotatable bonds is 2. The van der Waals surface area contributed by atoms with Crippen molar-refractivity contribution in [3.8, 4) is 6.07 Å². The predicted octanol–water partition coefficient (Wildman–Crippen LogP) is 3.99. The molecule has 2 rings (SSSR count). The number of nitriles is 1. The lowest BCUT2D eigenvalue weighted by Gasteiger charge is -2.17. The van der Waals surface area contributed by atoms with Crippen molar-refractivity contribution in [1.82, 2.24) is 4.98 Å². The Kier molecular flexibility index (Phi) is 4.43. The van der Waals surface area contributed by atoms with Crippen LogP contribution in [0.5, 0.6) is 0 Å². The van der Waals surface area contributed by atoms with Crippen LogP contribution in [0.25, 0.3) is 0 Å². The molecule has 0 aliphatic heterocycles. The van der Waals surface area contributed by atoms with E-state index in [-0.39, 0.29) is 0 Å². The van der Waals surface area contributed by atoms with Gasteiger partial charge in [-0.25, -0.2) is 4.98 Å². The number of aromatic nitrogens is 1. The summed E-state index contributed by atoms with van der Waals surface area (Å²) >= 11 is 5.90. The summed E-state index contributed by atoms with van der Waals surface area (Å²) in [6.07, 6.45) is 6.15. The Labute approximate surface area is 113 Å². The summed E-state index contributed by atoms with van der Waals surface area (Å²) in [7, 11) is 0. The first kappa shape index (κ1) is 13.2. The second-order valence-electron chi connectivity index (χ2n) is 5.13. The van der Waals surface area contributed by atoms with Crippen molar-refractivity contribution in [2.45, 2.75) is 45.1 Å². The maximum absolute atomic E-state index is 8.91. The van der Waals surface area contributed by atoms with E-state index in [0.29, 0.717) is 16.8 Å². The zero-order valence-corrected chi connectivity index (χ0v) is 11.4. The number of hydrogen-bond donors (Lipinski definition) is 1. The molecular formula is C14H18ClN3. The highest BCUT2D eigenvalue weighted by molar-refractivity contribution is 6.29. The molecule has 96 valence electrons. The van der Waals surface area contributed by atoms with Gasteiger partial charge in [0.25, 0.3) is 0 Å². The molecule has 1 aromatic rings. The van der Waals surface area contributed by atoms with Gasteiger partial charge in [-0.2, -0.15) is 5.26 Å². The minimum atomic E-state index is 0.374. The van der Waals surface area contributed by atoms with Crippen LogP contribution in [0.15, 0.2) is 12.1 Å². The van der Waals surface area contributed by atoms with E-state index < -0.39 is 0 Å². The molecule has 1 aliphatic rings. The first-order valence-electron chi connectivity index (χ1n) is 6.51. The van der Waals surface area contributed by atoms with Crippen LogP contribution in [0.2, 0.25) is 5.15 Å². The fraction of sp³-hybridized carbons (Fsp3) is 0.571. The van der Waals surface area contributed by atoms with Crippen LogP contribution in [0.4, 0.5) is 5.82 Å². The maximum atomic E-state index is 8.91. The van der Waals surface area contributed by atoms with Gasteiger partial charge < -0.3 is 5.32 Å². The molecule has 3 nitrogen and oxygen atoms in total. The molecule has 2 atom stereocenters. The second-order valence-corrected chi connectivity index (χ2v) is 5.52. The molecule has 0 saturated heterocycles. The third-order valence-corrected chi connectivity index (χ3v) is 3.73. The van der Waals surface area contributed by atoms with Crippen LogP contribution in [-0.2, 0) is 0 Å². The Morgan fingerprint density at radius 3 is 2.94 bits per heavy atom. The van der Waals surface area contributed by atoms with E-state index in [1.807, 2.05) is 0 Å². The molecule has 1 saturated carbocycles. The van der Waals surface area contributed by atoms with E-state index in [4.69, 9.17) is 16.9 Å². The van der Waals surface area contributed by atoms with Crippen molar-refractivity contribution in [1.29, 1.82) is 5.26 Å². The molecule has 1 heterocycles. The quantitative estimate of drug-likeness (QED) is 0.648. The molecule has 0 spiro atoms. The Morgan fingerprint density at radius 1 is 1.33 bits per heavy atom. The van der Waals surface area contributed by atoms with Crippen LogP contribution in [0.3, 0.4) is 0 Å². The maximum Gasteiger partial charge on any atom is 0.132 e. The van der Waals surface area contributed by atoms with Gasteiger partial charge >= 0.3 is 0 Å². The lowest BCUT2D eigenvalue weighted by Crippen LogP contribution is -2.19. The van der Waals surface area contributed by atoms with Gasteiger partial charge in [0.05, 0.1) is 11.6 Å². The van der Waals surface area contributed by atoms with Crippen molar-refractivity contribution in [2.75, 3.05) is 5.32 Å². The van der Waals surface area contributed by atoms with Gasteiger partial charge in [-0.3, -0.25) is 0 Å². The summed E-state index contributed by atoms with van der Waals surface area (Å²) in [5.74, 6) is 1.54. The molecule has 0 bridgehead atoms. The molecule has 4 heteroatoms. The fourth-order valence-electron chi connectivity index (χ4n) is 2.48. The molecule has 1 fully saturated rings. The zero-order valence-electron chi connectivity index (χ0n) is 10.6. The van der Waals surface area contributed by atoms with Crippen LogP contribution < -0.4 is 5.32 Å². The van der Waals surface area contributed by atoms with E-state index in [1.54, 1.807) is 12.1 Å². The SMILES string of the molecule is CC1CCCC(Nc2cc(C#N)cc(Cl)n2)CC1. The third kappa shape index (κ3) is 3.61. The van der Waals surface area contributed by atoms with Crippen molar-refractivity contribution in [3.63, 3.8) is 0 Å². The second kappa shape index (κ2) is 6.06. The number of nitrogens with one attached hydrogen (secondary N) is 1. The number of anilines is 1. The molecule has 2 unspecified atom stereocenters. The molecule has 1 aliphatic carbocycles. The van der Waals surface area contributed by atoms with Gasteiger partial charge in [0, 0.05) is 6.04 Å². The standard InChI is InChI=1S/C14H18ClN3/c1-10-3-2-4-12(6-5-10)17-14-8-11(9-16)7-13(15)18-14/h7-8,10,12H,2-6H2,1H3,(H,17,18). The lowest BCUT2D eigenvalue weighted by atomic mass is 10.0. The van der Waals surface area contributed by atoms with Gasteiger partial charge in [-0.1, -0.05) is 31.4 Å². The molecule has 0 radical (unpaired) electrons. The summed E-state index contributed by atoms with van der Waals surface area (Å²) in [4.78, 5) is 4.23.